The van der Waals surface area contributed by atoms with Crippen molar-refractivity contribution in [2.24, 2.45) is 0 Å². The highest BCUT2D eigenvalue weighted by molar-refractivity contribution is 5.66. The quantitative estimate of drug-likeness (QED) is 0.573. The van der Waals surface area contributed by atoms with E-state index in [0.29, 0.717) is 19.6 Å². The molecule has 6 heteroatoms. The van der Waals surface area contributed by atoms with Gasteiger partial charge in [-0.25, -0.2) is 4.98 Å². The standard InChI is InChI=1S/C22H23N3O3/c26-22(27)8-3-5-18-9-11-20(12-10-18)28-16-15-25(19-6-4-13-23-17-19)21-7-1-2-14-24-21/h1-2,4,6-7,9-14,17H,3,5,8,15-16H2,(H,26,27). The Hall–Kier alpha value is -3.41. The fourth-order valence-corrected chi connectivity index (χ4v) is 2.85. The van der Waals surface area contributed by atoms with E-state index in [1.165, 1.54) is 0 Å². The SMILES string of the molecule is O=C(O)CCCc1ccc(OCCN(c2cccnc2)c2ccccn2)cc1. The van der Waals surface area contributed by atoms with Gasteiger partial charge in [-0.3, -0.25) is 9.78 Å². The molecule has 0 radical (unpaired) electrons. The van der Waals surface area contributed by atoms with Gasteiger partial charge in [-0.1, -0.05) is 18.2 Å². The summed E-state index contributed by atoms with van der Waals surface area (Å²) in [5.74, 6) is 0.869. The first-order valence-corrected chi connectivity index (χ1v) is 9.24. The Morgan fingerprint density at radius 1 is 1.04 bits per heavy atom. The van der Waals surface area contributed by atoms with Crippen LogP contribution in [0.25, 0.3) is 0 Å². The molecular weight excluding hydrogens is 354 g/mol. The molecule has 3 rings (SSSR count). The summed E-state index contributed by atoms with van der Waals surface area (Å²) in [6.45, 7) is 1.12. The smallest absolute Gasteiger partial charge is 0.303 e. The topological polar surface area (TPSA) is 75.6 Å². The molecule has 6 nitrogen and oxygen atoms in total. The van der Waals surface area contributed by atoms with E-state index in [4.69, 9.17) is 9.84 Å². The number of carbonyl (C=O) groups is 1. The number of nitrogens with zero attached hydrogens (tertiary/aromatic N) is 3. The van der Waals surface area contributed by atoms with Gasteiger partial charge >= 0.3 is 5.97 Å². The van der Waals surface area contributed by atoms with E-state index in [1.807, 2.05) is 54.6 Å². The highest BCUT2D eigenvalue weighted by Crippen LogP contribution is 2.22. The van der Waals surface area contributed by atoms with Gasteiger partial charge in [0.25, 0.3) is 0 Å². The molecule has 3 aromatic rings. The maximum absolute atomic E-state index is 10.6. The summed E-state index contributed by atoms with van der Waals surface area (Å²) in [6, 6.07) is 17.5. The first-order chi connectivity index (χ1) is 13.7. The van der Waals surface area contributed by atoms with Crippen molar-refractivity contribution >= 4 is 17.5 Å². The highest BCUT2D eigenvalue weighted by atomic mass is 16.5. The number of carboxylic acid groups (broad SMARTS) is 1. The van der Waals surface area contributed by atoms with Crippen molar-refractivity contribution in [3.05, 3.63) is 78.8 Å². The summed E-state index contributed by atoms with van der Waals surface area (Å²) in [5.41, 5.74) is 2.07. The summed E-state index contributed by atoms with van der Waals surface area (Å²) in [5, 5.41) is 8.71. The third-order valence-electron chi connectivity index (χ3n) is 4.25. The third kappa shape index (κ3) is 5.81. The number of ether oxygens (including phenoxy) is 1. The maximum Gasteiger partial charge on any atom is 0.303 e. The molecule has 0 aliphatic carbocycles. The molecule has 0 aliphatic rings. The molecular formula is C22H23N3O3. The Labute approximate surface area is 164 Å². The van der Waals surface area contributed by atoms with Crippen LogP contribution in [0.4, 0.5) is 11.5 Å². The predicted octanol–water partition coefficient (Wildman–Crippen LogP) is 4.10. The van der Waals surface area contributed by atoms with Crippen molar-refractivity contribution in [2.75, 3.05) is 18.1 Å². The highest BCUT2D eigenvalue weighted by Gasteiger charge is 2.10. The number of aryl methyl sites for hydroxylation is 1. The van der Waals surface area contributed by atoms with Crippen molar-refractivity contribution in [3.63, 3.8) is 0 Å². The first kappa shape index (κ1) is 19.4. The summed E-state index contributed by atoms with van der Waals surface area (Å²) in [7, 11) is 0. The molecule has 0 fully saturated rings. The number of pyridine rings is 2. The maximum atomic E-state index is 10.6. The number of carboxylic acids is 1. The molecule has 2 aromatic heterocycles. The molecule has 0 saturated heterocycles. The normalized spacial score (nSPS) is 10.4. The zero-order chi connectivity index (χ0) is 19.6. The molecule has 0 aliphatic heterocycles. The van der Waals surface area contributed by atoms with Crippen LogP contribution in [0.2, 0.25) is 0 Å². The minimum atomic E-state index is -0.758. The second kappa shape index (κ2) is 10.1. The van der Waals surface area contributed by atoms with Crippen LogP contribution < -0.4 is 9.64 Å². The summed E-state index contributed by atoms with van der Waals surface area (Å²) in [4.78, 5) is 21.3. The Balaban J connectivity index is 1.56. The van der Waals surface area contributed by atoms with Gasteiger partial charge in [-0.05, 0) is 54.8 Å². The number of aromatic nitrogens is 2. The predicted molar refractivity (Wildman–Crippen MR) is 108 cm³/mol. The van der Waals surface area contributed by atoms with Gasteiger partial charge < -0.3 is 14.7 Å². The first-order valence-electron chi connectivity index (χ1n) is 9.24. The lowest BCUT2D eigenvalue weighted by molar-refractivity contribution is -0.137. The Morgan fingerprint density at radius 3 is 2.57 bits per heavy atom. The van der Waals surface area contributed by atoms with Gasteiger partial charge in [-0.2, -0.15) is 0 Å². The second-order valence-corrected chi connectivity index (χ2v) is 6.29. The average molecular weight is 377 g/mol. The molecule has 0 atom stereocenters. The van der Waals surface area contributed by atoms with Crippen molar-refractivity contribution in [3.8, 4) is 5.75 Å². The molecule has 28 heavy (non-hydrogen) atoms. The minimum absolute atomic E-state index is 0.190. The minimum Gasteiger partial charge on any atom is -0.492 e. The van der Waals surface area contributed by atoms with Gasteiger partial charge in [0.2, 0.25) is 0 Å². The Morgan fingerprint density at radius 2 is 1.89 bits per heavy atom. The van der Waals surface area contributed by atoms with Crippen LogP contribution in [0.15, 0.2) is 73.2 Å². The van der Waals surface area contributed by atoms with Gasteiger partial charge in [0, 0.05) is 18.8 Å². The lowest BCUT2D eigenvalue weighted by Gasteiger charge is -2.23. The molecule has 0 bridgehead atoms. The van der Waals surface area contributed by atoms with Crippen molar-refractivity contribution in [1.29, 1.82) is 0 Å². The van der Waals surface area contributed by atoms with Crippen molar-refractivity contribution in [1.82, 2.24) is 9.97 Å². The number of aliphatic carboxylic acids is 1. The van der Waals surface area contributed by atoms with Gasteiger partial charge in [0.1, 0.15) is 18.2 Å². The zero-order valence-electron chi connectivity index (χ0n) is 15.6. The Bertz CT molecular complexity index is 816. The zero-order valence-corrected chi connectivity index (χ0v) is 15.6. The van der Waals surface area contributed by atoms with Gasteiger partial charge in [0.05, 0.1) is 18.4 Å². The van der Waals surface area contributed by atoms with Gasteiger partial charge in [-0.15, -0.1) is 0 Å². The molecule has 144 valence electrons. The average Bonchev–Trinajstić information content (AvgIpc) is 2.73. The molecule has 2 heterocycles. The van der Waals surface area contributed by atoms with E-state index in [-0.39, 0.29) is 6.42 Å². The monoisotopic (exact) mass is 377 g/mol. The number of hydrogen-bond acceptors (Lipinski definition) is 5. The van der Waals surface area contributed by atoms with Crippen LogP contribution in [0.5, 0.6) is 5.75 Å². The van der Waals surface area contributed by atoms with Crippen LogP contribution in [-0.2, 0) is 11.2 Å². The van der Waals surface area contributed by atoms with Crippen molar-refractivity contribution < 1.29 is 14.6 Å². The fraction of sp³-hybridized carbons (Fsp3) is 0.227. The number of rotatable bonds is 10. The number of hydrogen-bond donors (Lipinski definition) is 1. The van der Waals surface area contributed by atoms with Crippen LogP contribution in [0.1, 0.15) is 18.4 Å². The molecule has 0 unspecified atom stereocenters. The molecule has 1 aromatic carbocycles. The van der Waals surface area contributed by atoms with Crippen LogP contribution in [-0.4, -0.2) is 34.2 Å². The lowest BCUT2D eigenvalue weighted by atomic mass is 10.1. The van der Waals surface area contributed by atoms with E-state index < -0.39 is 5.97 Å². The molecule has 0 amide bonds. The van der Waals surface area contributed by atoms with E-state index in [9.17, 15) is 4.79 Å². The van der Waals surface area contributed by atoms with E-state index in [0.717, 1.165) is 29.2 Å². The molecule has 1 N–H and O–H groups in total. The van der Waals surface area contributed by atoms with E-state index in [2.05, 4.69) is 14.9 Å². The summed E-state index contributed by atoms with van der Waals surface area (Å²) >= 11 is 0. The molecule has 0 spiro atoms. The number of benzene rings is 1. The van der Waals surface area contributed by atoms with Crippen LogP contribution >= 0.6 is 0 Å². The van der Waals surface area contributed by atoms with E-state index >= 15 is 0 Å². The summed E-state index contributed by atoms with van der Waals surface area (Å²) in [6.07, 6.45) is 6.90. The Kier molecular flexibility index (Phi) is 6.95. The summed E-state index contributed by atoms with van der Waals surface area (Å²) < 4.78 is 5.89. The fourth-order valence-electron chi connectivity index (χ4n) is 2.85. The largest absolute Gasteiger partial charge is 0.492 e. The molecule has 0 saturated carbocycles. The van der Waals surface area contributed by atoms with Crippen molar-refractivity contribution in [2.45, 2.75) is 19.3 Å². The van der Waals surface area contributed by atoms with Crippen LogP contribution in [0.3, 0.4) is 0 Å². The number of anilines is 2. The lowest BCUT2D eigenvalue weighted by Crippen LogP contribution is -2.24. The van der Waals surface area contributed by atoms with E-state index in [1.54, 1.807) is 18.6 Å². The van der Waals surface area contributed by atoms with Crippen LogP contribution in [0, 0.1) is 0 Å². The third-order valence-corrected chi connectivity index (χ3v) is 4.25. The second-order valence-electron chi connectivity index (χ2n) is 6.29. The van der Waals surface area contributed by atoms with Gasteiger partial charge in [0.15, 0.2) is 0 Å².